The van der Waals surface area contributed by atoms with Crippen molar-refractivity contribution in [2.24, 2.45) is 5.92 Å². The van der Waals surface area contributed by atoms with E-state index in [1.54, 1.807) is 13.2 Å². The first-order chi connectivity index (χ1) is 7.54. The van der Waals surface area contributed by atoms with E-state index in [1.165, 1.54) is 12.1 Å². The lowest BCUT2D eigenvalue weighted by Gasteiger charge is -2.23. The maximum Gasteiger partial charge on any atom is 0.124 e. The predicted molar refractivity (Wildman–Crippen MR) is 68.2 cm³/mol. The first-order valence-electron chi connectivity index (χ1n) is 5.25. The van der Waals surface area contributed by atoms with Crippen LogP contribution in [-0.2, 0) is 4.74 Å². The van der Waals surface area contributed by atoms with Crippen LogP contribution >= 0.6 is 15.9 Å². The molecule has 2 nitrogen and oxygen atoms in total. The summed E-state index contributed by atoms with van der Waals surface area (Å²) in [5, 5.41) is 3.34. The molecule has 0 spiro atoms. The van der Waals surface area contributed by atoms with E-state index in [0.29, 0.717) is 12.5 Å². The fourth-order valence-corrected chi connectivity index (χ4v) is 1.85. The molecule has 0 saturated carbocycles. The molecule has 16 heavy (non-hydrogen) atoms. The van der Waals surface area contributed by atoms with E-state index >= 15 is 0 Å². The first kappa shape index (κ1) is 13.5. The number of anilines is 1. The van der Waals surface area contributed by atoms with Gasteiger partial charge in [0.15, 0.2) is 0 Å². The van der Waals surface area contributed by atoms with E-state index in [2.05, 4.69) is 35.1 Å². The Hall–Kier alpha value is -0.610. The van der Waals surface area contributed by atoms with Crippen LogP contribution < -0.4 is 5.32 Å². The summed E-state index contributed by atoms with van der Waals surface area (Å²) in [6, 6.07) is 4.83. The predicted octanol–water partition coefficient (Wildman–Crippen LogP) is 3.67. The van der Waals surface area contributed by atoms with Crippen molar-refractivity contribution in [2.75, 3.05) is 19.0 Å². The van der Waals surface area contributed by atoms with E-state index < -0.39 is 0 Å². The summed E-state index contributed by atoms with van der Waals surface area (Å²) >= 11 is 3.33. The van der Waals surface area contributed by atoms with Gasteiger partial charge in [0.25, 0.3) is 0 Å². The summed E-state index contributed by atoms with van der Waals surface area (Å²) in [5.41, 5.74) is 0.886. The molecular weight excluding hydrogens is 273 g/mol. The first-order valence-corrected chi connectivity index (χ1v) is 6.04. The second-order valence-corrected chi connectivity index (χ2v) is 4.93. The molecule has 0 amide bonds. The lowest BCUT2D eigenvalue weighted by Crippen LogP contribution is -2.30. The Labute approximate surface area is 104 Å². The van der Waals surface area contributed by atoms with Gasteiger partial charge >= 0.3 is 0 Å². The van der Waals surface area contributed by atoms with Gasteiger partial charge in [0.1, 0.15) is 5.82 Å². The molecule has 1 N–H and O–H groups in total. The summed E-state index contributed by atoms with van der Waals surface area (Å²) in [6.45, 7) is 4.86. The largest absolute Gasteiger partial charge is 0.383 e. The quantitative estimate of drug-likeness (QED) is 0.893. The highest BCUT2D eigenvalue weighted by Gasteiger charge is 2.14. The maximum atomic E-state index is 12.9. The number of nitrogens with one attached hydrogen (secondary N) is 1. The zero-order valence-electron chi connectivity index (χ0n) is 9.76. The lowest BCUT2D eigenvalue weighted by molar-refractivity contribution is 0.171. The van der Waals surface area contributed by atoms with Gasteiger partial charge in [-0.25, -0.2) is 4.39 Å². The van der Waals surface area contributed by atoms with Crippen molar-refractivity contribution in [2.45, 2.75) is 19.9 Å². The Balaban J connectivity index is 2.77. The standard InChI is InChI=1S/C12H17BrFNO/c1-8(2)12(7-16-3)15-11-5-4-9(14)6-10(11)13/h4-6,8,12,15H,7H2,1-3H3. The van der Waals surface area contributed by atoms with Crippen LogP contribution in [0.3, 0.4) is 0 Å². The third kappa shape index (κ3) is 3.76. The van der Waals surface area contributed by atoms with Crippen LogP contribution in [0.4, 0.5) is 10.1 Å². The second kappa shape index (κ2) is 6.21. The Kier molecular flexibility index (Phi) is 5.22. The van der Waals surface area contributed by atoms with Crippen molar-refractivity contribution in [3.05, 3.63) is 28.5 Å². The van der Waals surface area contributed by atoms with E-state index in [9.17, 15) is 4.39 Å². The topological polar surface area (TPSA) is 21.3 Å². The highest BCUT2D eigenvalue weighted by Crippen LogP contribution is 2.24. The van der Waals surface area contributed by atoms with Crippen molar-refractivity contribution in [1.82, 2.24) is 0 Å². The lowest BCUT2D eigenvalue weighted by atomic mass is 10.1. The number of methoxy groups -OCH3 is 1. The molecular formula is C12H17BrFNO. The smallest absolute Gasteiger partial charge is 0.124 e. The molecule has 0 fully saturated rings. The van der Waals surface area contributed by atoms with Crippen LogP contribution in [-0.4, -0.2) is 19.8 Å². The molecule has 0 aromatic heterocycles. The fraction of sp³-hybridized carbons (Fsp3) is 0.500. The third-order valence-corrected chi connectivity index (χ3v) is 3.08. The van der Waals surface area contributed by atoms with Crippen LogP contribution in [0.2, 0.25) is 0 Å². The highest BCUT2D eigenvalue weighted by atomic mass is 79.9. The van der Waals surface area contributed by atoms with Crippen molar-refractivity contribution < 1.29 is 9.13 Å². The van der Waals surface area contributed by atoms with Crippen molar-refractivity contribution in [3.63, 3.8) is 0 Å². The van der Waals surface area contributed by atoms with E-state index in [1.807, 2.05) is 0 Å². The Bertz CT molecular complexity index is 344. The van der Waals surface area contributed by atoms with Crippen LogP contribution in [0.5, 0.6) is 0 Å². The average Bonchev–Trinajstić information content (AvgIpc) is 2.20. The van der Waals surface area contributed by atoms with Gasteiger partial charge in [0, 0.05) is 17.3 Å². The van der Waals surface area contributed by atoms with E-state index in [4.69, 9.17) is 4.74 Å². The summed E-state index contributed by atoms with van der Waals surface area (Å²) in [5.74, 6) is 0.196. The molecule has 1 unspecified atom stereocenters. The molecule has 0 bridgehead atoms. The molecule has 0 saturated heterocycles. The minimum absolute atomic E-state index is 0.215. The number of hydrogen-bond acceptors (Lipinski definition) is 2. The Morgan fingerprint density at radius 3 is 2.62 bits per heavy atom. The van der Waals surface area contributed by atoms with E-state index in [-0.39, 0.29) is 11.9 Å². The summed E-state index contributed by atoms with van der Waals surface area (Å²) in [6.07, 6.45) is 0. The monoisotopic (exact) mass is 289 g/mol. The molecule has 4 heteroatoms. The number of hydrogen-bond donors (Lipinski definition) is 1. The zero-order valence-corrected chi connectivity index (χ0v) is 11.3. The van der Waals surface area contributed by atoms with Crippen LogP contribution in [0, 0.1) is 11.7 Å². The molecule has 0 aliphatic carbocycles. The number of halogens is 2. The molecule has 1 aromatic rings. The number of benzene rings is 1. The van der Waals surface area contributed by atoms with Gasteiger partial charge in [-0.1, -0.05) is 13.8 Å². The van der Waals surface area contributed by atoms with Gasteiger partial charge < -0.3 is 10.1 Å². The molecule has 1 rings (SSSR count). The minimum Gasteiger partial charge on any atom is -0.383 e. The van der Waals surface area contributed by atoms with Crippen LogP contribution in [0.25, 0.3) is 0 Å². The van der Waals surface area contributed by atoms with Gasteiger partial charge in [0.05, 0.1) is 12.6 Å². The second-order valence-electron chi connectivity index (χ2n) is 4.07. The minimum atomic E-state index is -0.245. The highest BCUT2D eigenvalue weighted by molar-refractivity contribution is 9.10. The van der Waals surface area contributed by atoms with Crippen LogP contribution in [0.15, 0.2) is 22.7 Å². The molecule has 0 aliphatic heterocycles. The SMILES string of the molecule is COCC(Nc1ccc(F)cc1Br)C(C)C. The Morgan fingerprint density at radius 1 is 1.44 bits per heavy atom. The Morgan fingerprint density at radius 2 is 2.12 bits per heavy atom. The molecule has 90 valence electrons. The van der Waals surface area contributed by atoms with E-state index in [0.717, 1.165) is 10.2 Å². The molecule has 0 radical (unpaired) electrons. The van der Waals surface area contributed by atoms with Gasteiger partial charge in [-0.2, -0.15) is 0 Å². The van der Waals surface area contributed by atoms with Crippen molar-refractivity contribution in [1.29, 1.82) is 0 Å². The normalized spacial score (nSPS) is 12.9. The number of rotatable bonds is 5. The molecule has 0 aliphatic rings. The zero-order chi connectivity index (χ0) is 12.1. The van der Waals surface area contributed by atoms with Gasteiger partial charge in [0.2, 0.25) is 0 Å². The van der Waals surface area contributed by atoms with Crippen molar-refractivity contribution >= 4 is 21.6 Å². The fourth-order valence-electron chi connectivity index (χ4n) is 1.39. The average molecular weight is 290 g/mol. The summed E-state index contributed by atoms with van der Waals surface area (Å²) < 4.78 is 18.8. The van der Waals surface area contributed by atoms with Crippen LogP contribution in [0.1, 0.15) is 13.8 Å². The van der Waals surface area contributed by atoms with Gasteiger partial charge in [-0.3, -0.25) is 0 Å². The van der Waals surface area contributed by atoms with Crippen molar-refractivity contribution in [3.8, 4) is 0 Å². The van der Waals surface area contributed by atoms with Gasteiger partial charge in [-0.05, 0) is 40.0 Å². The molecule has 1 aromatic carbocycles. The maximum absolute atomic E-state index is 12.9. The summed E-state index contributed by atoms with van der Waals surface area (Å²) in [7, 11) is 1.68. The third-order valence-electron chi connectivity index (χ3n) is 2.42. The van der Waals surface area contributed by atoms with Gasteiger partial charge in [-0.15, -0.1) is 0 Å². The molecule has 1 atom stereocenters. The summed E-state index contributed by atoms with van der Waals surface area (Å²) in [4.78, 5) is 0. The number of ether oxygens (including phenoxy) is 1. The molecule has 0 heterocycles.